The number of nitrogens with zero attached hydrogens (tertiary/aromatic N) is 3. The summed E-state index contributed by atoms with van der Waals surface area (Å²) in [5.41, 5.74) is 7.02. The van der Waals surface area contributed by atoms with Crippen molar-refractivity contribution in [3.8, 4) is 11.5 Å². The van der Waals surface area contributed by atoms with Gasteiger partial charge in [0.05, 0.1) is 16.9 Å². The second-order valence-electron chi connectivity index (χ2n) is 7.95. The Hall–Kier alpha value is -3.31. The topological polar surface area (TPSA) is 68.4 Å². The lowest BCUT2D eigenvalue weighted by atomic mass is 10.0. The molecule has 1 aliphatic heterocycles. The molecule has 0 radical (unpaired) electrons. The van der Waals surface area contributed by atoms with Crippen LogP contribution in [-0.4, -0.2) is 22.4 Å². The van der Waals surface area contributed by atoms with Crippen LogP contribution >= 0.6 is 11.6 Å². The second kappa shape index (κ2) is 8.08. The van der Waals surface area contributed by atoms with Crippen LogP contribution in [0.4, 0.5) is 5.69 Å². The molecule has 1 unspecified atom stereocenters. The third kappa shape index (κ3) is 4.01. The van der Waals surface area contributed by atoms with Crippen molar-refractivity contribution in [2.24, 2.45) is 9.98 Å². The van der Waals surface area contributed by atoms with E-state index in [4.69, 9.17) is 16.6 Å². The highest BCUT2D eigenvalue weighted by atomic mass is 35.5. The van der Waals surface area contributed by atoms with E-state index < -0.39 is 0 Å². The van der Waals surface area contributed by atoms with Crippen LogP contribution in [-0.2, 0) is 0 Å². The van der Waals surface area contributed by atoms with Gasteiger partial charge in [0.15, 0.2) is 12.0 Å². The van der Waals surface area contributed by atoms with Gasteiger partial charge < -0.3 is 15.1 Å². The minimum atomic E-state index is -0.374. The van der Waals surface area contributed by atoms with Crippen LogP contribution in [0.5, 0.6) is 11.5 Å². The molecular formula is C25H24ClN3O2. The Kier molecular flexibility index (Phi) is 5.46. The number of hydrogen-bond donors (Lipinski definition) is 2. The van der Waals surface area contributed by atoms with Crippen LogP contribution in [0.2, 0.25) is 5.02 Å². The molecule has 0 amide bonds. The standard InChI is InChI=1S/C25H24ClN3O2/c1-14-5-7-18(16(3)9-14)25-28-24(19-11-20(26)23(31)12-22(19)30)27-13-29(25)21-8-6-15(2)10-17(21)4/h5-13,25,30-31H,1-4H3. The molecule has 3 aromatic carbocycles. The lowest BCUT2D eigenvalue weighted by Crippen LogP contribution is -2.31. The number of aliphatic imine (C=N–C) groups is 2. The number of phenols is 2. The predicted octanol–water partition coefficient (Wildman–Crippen LogP) is 5.98. The monoisotopic (exact) mass is 433 g/mol. The van der Waals surface area contributed by atoms with E-state index in [1.54, 1.807) is 6.34 Å². The third-order valence-electron chi connectivity index (χ3n) is 5.45. The van der Waals surface area contributed by atoms with Crippen molar-refractivity contribution in [2.75, 3.05) is 4.90 Å². The van der Waals surface area contributed by atoms with Gasteiger partial charge in [0, 0.05) is 11.8 Å². The molecule has 158 valence electrons. The first kappa shape index (κ1) is 20.9. The molecule has 0 saturated heterocycles. The van der Waals surface area contributed by atoms with Gasteiger partial charge in [-0.3, -0.25) is 0 Å². The van der Waals surface area contributed by atoms with Crippen molar-refractivity contribution in [3.63, 3.8) is 0 Å². The Morgan fingerprint density at radius 1 is 0.839 bits per heavy atom. The maximum atomic E-state index is 10.4. The zero-order chi connectivity index (χ0) is 22.3. The number of anilines is 1. The summed E-state index contributed by atoms with van der Waals surface area (Å²) in [4.78, 5) is 11.5. The highest BCUT2D eigenvalue weighted by Gasteiger charge is 2.27. The van der Waals surface area contributed by atoms with Gasteiger partial charge >= 0.3 is 0 Å². The van der Waals surface area contributed by atoms with Gasteiger partial charge in [0.25, 0.3) is 0 Å². The molecule has 0 spiro atoms. The number of benzene rings is 3. The average molecular weight is 434 g/mol. The minimum absolute atomic E-state index is 0.128. The molecule has 0 saturated carbocycles. The molecule has 0 aliphatic carbocycles. The molecule has 0 aromatic heterocycles. The minimum Gasteiger partial charge on any atom is -0.507 e. The van der Waals surface area contributed by atoms with Gasteiger partial charge in [-0.1, -0.05) is 53.1 Å². The van der Waals surface area contributed by atoms with E-state index in [1.807, 2.05) is 4.90 Å². The van der Waals surface area contributed by atoms with Gasteiger partial charge in [0.2, 0.25) is 0 Å². The summed E-state index contributed by atoms with van der Waals surface area (Å²) in [6.45, 7) is 8.26. The lowest BCUT2D eigenvalue weighted by molar-refractivity contribution is 0.450. The molecule has 0 fully saturated rings. The molecule has 2 N–H and O–H groups in total. The Bertz CT molecular complexity index is 1230. The van der Waals surface area contributed by atoms with Crippen LogP contribution in [0.25, 0.3) is 0 Å². The van der Waals surface area contributed by atoms with Crippen molar-refractivity contribution in [1.82, 2.24) is 0 Å². The lowest BCUT2D eigenvalue weighted by Gasteiger charge is -2.32. The fourth-order valence-electron chi connectivity index (χ4n) is 3.88. The molecule has 6 heteroatoms. The van der Waals surface area contributed by atoms with Crippen molar-refractivity contribution >= 4 is 29.5 Å². The maximum absolute atomic E-state index is 10.4. The number of halogens is 1. The van der Waals surface area contributed by atoms with Crippen molar-refractivity contribution in [3.05, 3.63) is 86.9 Å². The number of rotatable bonds is 3. The zero-order valence-corrected chi connectivity index (χ0v) is 18.6. The van der Waals surface area contributed by atoms with Gasteiger partial charge in [-0.05, 0) is 56.5 Å². The van der Waals surface area contributed by atoms with Crippen LogP contribution in [0.3, 0.4) is 0 Å². The van der Waals surface area contributed by atoms with E-state index in [2.05, 4.69) is 69.1 Å². The van der Waals surface area contributed by atoms with Gasteiger partial charge in [-0.15, -0.1) is 0 Å². The summed E-state index contributed by atoms with van der Waals surface area (Å²) in [7, 11) is 0. The number of aryl methyl sites for hydroxylation is 4. The smallest absolute Gasteiger partial charge is 0.162 e. The molecule has 0 bridgehead atoms. The second-order valence-corrected chi connectivity index (χ2v) is 8.36. The first-order valence-electron chi connectivity index (χ1n) is 10.0. The quantitative estimate of drug-likeness (QED) is 0.534. The summed E-state index contributed by atoms with van der Waals surface area (Å²) < 4.78 is 0. The average Bonchev–Trinajstić information content (AvgIpc) is 2.71. The van der Waals surface area contributed by atoms with E-state index in [-0.39, 0.29) is 22.7 Å². The molecule has 3 aromatic rings. The summed E-state index contributed by atoms with van der Waals surface area (Å²) in [5.74, 6) is 0.0358. The van der Waals surface area contributed by atoms with E-state index >= 15 is 0 Å². The fraction of sp³-hybridized carbons (Fsp3) is 0.200. The predicted molar refractivity (Wildman–Crippen MR) is 127 cm³/mol. The van der Waals surface area contributed by atoms with E-state index in [9.17, 15) is 10.2 Å². The van der Waals surface area contributed by atoms with Gasteiger partial charge in [-0.25, -0.2) is 9.98 Å². The summed E-state index contributed by atoms with van der Waals surface area (Å²) in [5, 5.41) is 20.3. The first-order valence-corrected chi connectivity index (χ1v) is 10.4. The van der Waals surface area contributed by atoms with Crippen LogP contribution in [0, 0.1) is 27.7 Å². The molecule has 1 atom stereocenters. The summed E-state index contributed by atoms with van der Waals surface area (Å²) >= 11 is 6.08. The molecule has 4 rings (SSSR count). The van der Waals surface area contributed by atoms with E-state index in [0.717, 1.165) is 22.4 Å². The number of phenolic OH excluding ortho intramolecular Hbond substituents is 2. The van der Waals surface area contributed by atoms with Gasteiger partial charge in [-0.2, -0.15) is 0 Å². The highest BCUT2D eigenvalue weighted by Crippen LogP contribution is 2.37. The van der Waals surface area contributed by atoms with Crippen molar-refractivity contribution in [2.45, 2.75) is 33.9 Å². The zero-order valence-electron chi connectivity index (χ0n) is 17.9. The Morgan fingerprint density at radius 3 is 2.19 bits per heavy atom. The van der Waals surface area contributed by atoms with Crippen LogP contribution in [0.15, 0.2) is 58.5 Å². The summed E-state index contributed by atoms with van der Waals surface area (Å²) in [6.07, 6.45) is 1.37. The SMILES string of the molecule is Cc1ccc(C2N=C(c3cc(Cl)c(O)cc3O)N=CN2c2ccc(C)cc2C)c(C)c1. The van der Waals surface area contributed by atoms with Crippen LogP contribution < -0.4 is 4.90 Å². The van der Waals surface area contributed by atoms with Crippen molar-refractivity contribution < 1.29 is 10.2 Å². The molecule has 5 nitrogen and oxygen atoms in total. The molecular weight excluding hydrogens is 410 g/mol. The Morgan fingerprint density at radius 2 is 1.52 bits per heavy atom. The van der Waals surface area contributed by atoms with E-state index in [0.29, 0.717) is 11.4 Å². The number of aromatic hydroxyl groups is 2. The largest absolute Gasteiger partial charge is 0.507 e. The third-order valence-corrected chi connectivity index (χ3v) is 5.76. The Labute approximate surface area is 187 Å². The first-order chi connectivity index (χ1) is 14.7. The molecule has 1 aliphatic rings. The Balaban J connectivity index is 1.87. The summed E-state index contributed by atoms with van der Waals surface area (Å²) in [6, 6.07) is 15.2. The van der Waals surface area contributed by atoms with Gasteiger partial charge in [0.1, 0.15) is 11.5 Å². The van der Waals surface area contributed by atoms with Crippen LogP contribution in [0.1, 0.15) is 39.5 Å². The maximum Gasteiger partial charge on any atom is 0.162 e. The fourth-order valence-corrected chi connectivity index (χ4v) is 4.05. The normalized spacial score (nSPS) is 15.8. The highest BCUT2D eigenvalue weighted by molar-refractivity contribution is 6.32. The van der Waals surface area contributed by atoms with Crippen molar-refractivity contribution in [1.29, 1.82) is 0 Å². The molecule has 31 heavy (non-hydrogen) atoms. The van der Waals surface area contributed by atoms with E-state index in [1.165, 1.54) is 23.3 Å². The number of amidine groups is 1. The number of hydrogen-bond acceptors (Lipinski definition) is 5. The molecule has 1 heterocycles.